The Morgan fingerprint density at radius 2 is 1.62 bits per heavy atom. The average molecular weight is 389 g/mol. The molecule has 3 N–H and O–H groups in total. The number of nitrogens with one attached hydrogen (secondary N) is 3. The van der Waals surface area contributed by atoms with E-state index in [0.717, 1.165) is 34.5 Å². The van der Waals surface area contributed by atoms with Gasteiger partial charge in [-0.3, -0.25) is 0 Å². The molecule has 1 heterocycles. The molecule has 0 aliphatic carbocycles. The first kappa shape index (κ1) is 20.3. The number of aromatic nitrogens is 3. The lowest BCUT2D eigenvalue weighted by molar-refractivity contribution is 0.751. The van der Waals surface area contributed by atoms with Gasteiger partial charge in [0.15, 0.2) is 0 Å². The molecule has 6 nitrogen and oxygen atoms in total. The largest absolute Gasteiger partial charge is 0.352 e. The third kappa shape index (κ3) is 5.31. The molecular formula is C23H28N6. The monoisotopic (exact) mass is 388 g/mol. The first-order chi connectivity index (χ1) is 14.0. The van der Waals surface area contributed by atoms with Crippen LogP contribution in [0.5, 0.6) is 0 Å². The summed E-state index contributed by atoms with van der Waals surface area (Å²) in [4.78, 5) is 13.7. The molecule has 6 heteroatoms. The summed E-state index contributed by atoms with van der Waals surface area (Å²) in [5.74, 6) is 1.50. The Morgan fingerprint density at radius 3 is 2.28 bits per heavy atom. The Balaban J connectivity index is 1.92. The number of hydrogen-bond acceptors (Lipinski definition) is 6. The molecule has 0 fully saturated rings. The van der Waals surface area contributed by atoms with Crippen LogP contribution in [0.25, 0.3) is 6.08 Å². The van der Waals surface area contributed by atoms with Gasteiger partial charge in [-0.15, -0.1) is 0 Å². The number of hydrogen-bond donors (Lipinski definition) is 3. The SMILES string of the molecule is C=Cc1ccc(Nc2nc(Nc3ccccc3C)nc(NC(C)CC)n2)cc1C. The van der Waals surface area contributed by atoms with Gasteiger partial charge < -0.3 is 16.0 Å². The average Bonchev–Trinajstić information content (AvgIpc) is 2.69. The minimum atomic E-state index is 0.255. The molecule has 1 aromatic heterocycles. The fourth-order valence-corrected chi connectivity index (χ4v) is 2.82. The number of anilines is 5. The summed E-state index contributed by atoms with van der Waals surface area (Å²) in [5.41, 5.74) is 5.23. The van der Waals surface area contributed by atoms with Crippen LogP contribution in [-0.2, 0) is 0 Å². The highest BCUT2D eigenvalue weighted by atomic mass is 15.3. The second-order valence-corrected chi connectivity index (χ2v) is 7.10. The zero-order valence-electron chi connectivity index (χ0n) is 17.5. The second-order valence-electron chi connectivity index (χ2n) is 7.10. The number of benzene rings is 2. The molecule has 2 aromatic carbocycles. The standard InChI is InChI=1S/C23H28N6/c1-6-17(5)24-21-27-22(25-19-13-12-18(7-2)16(4)14-19)29-23(28-21)26-20-11-9-8-10-15(20)3/h7-14,17H,2,6H2,1,3-5H3,(H3,24,25,26,27,28,29). The van der Waals surface area contributed by atoms with Crippen molar-refractivity contribution in [2.24, 2.45) is 0 Å². The lowest BCUT2D eigenvalue weighted by Gasteiger charge is -2.15. The van der Waals surface area contributed by atoms with Crippen LogP contribution in [0.3, 0.4) is 0 Å². The van der Waals surface area contributed by atoms with Crippen molar-refractivity contribution in [2.45, 2.75) is 40.2 Å². The molecule has 0 saturated heterocycles. The quantitative estimate of drug-likeness (QED) is 0.451. The van der Waals surface area contributed by atoms with Gasteiger partial charge in [0.05, 0.1) is 0 Å². The van der Waals surface area contributed by atoms with Gasteiger partial charge in [0, 0.05) is 17.4 Å². The first-order valence-electron chi connectivity index (χ1n) is 9.84. The third-order valence-electron chi connectivity index (χ3n) is 4.76. The van der Waals surface area contributed by atoms with Crippen LogP contribution in [0, 0.1) is 13.8 Å². The molecule has 1 atom stereocenters. The highest BCUT2D eigenvalue weighted by Gasteiger charge is 2.10. The Hall–Kier alpha value is -3.41. The van der Waals surface area contributed by atoms with Crippen LogP contribution in [0.2, 0.25) is 0 Å². The molecule has 0 saturated carbocycles. The Morgan fingerprint density at radius 1 is 0.931 bits per heavy atom. The van der Waals surface area contributed by atoms with Crippen molar-refractivity contribution in [3.8, 4) is 0 Å². The number of nitrogens with zero attached hydrogens (tertiary/aromatic N) is 3. The minimum Gasteiger partial charge on any atom is -0.352 e. The van der Waals surface area contributed by atoms with Gasteiger partial charge >= 0.3 is 0 Å². The molecular weight excluding hydrogens is 360 g/mol. The van der Waals surface area contributed by atoms with Crippen LogP contribution >= 0.6 is 0 Å². The van der Waals surface area contributed by atoms with E-state index in [9.17, 15) is 0 Å². The van der Waals surface area contributed by atoms with E-state index >= 15 is 0 Å². The Labute approximate surface area is 172 Å². The summed E-state index contributed by atoms with van der Waals surface area (Å²) in [7, 11) is 0. The number of para-hydroxylation sites is 1. The second kappa shape index (κ2) is 9.19. The zero-order valence-corrected chi connectivity index (χ0v) is 17.5. The van der Waals surface area contributed by atoms with Crippen molar-refractivity contribution < 1.29 is 0 Å². The van der Waals surface area contributed by atoms with Gasteiger partial charge in [0.2, 0.25) is 17.8 Å². The first-order valence-corrected chi connectivity index (χ1v) is 9.84. The summed E-state index contributed by atoms with van der Waals surface area (Å²) in [6, 6.07) is 14.4. The van der Waals surface area contributed by atoms with Crippen molar-refractivity contribution in [1.29, 1.82) is 0 Å². The fraction of sp³-hybridized carbons (Fsp3) is 0.261. The summed E-state index contributed by atoms with van der Waals surface area (Å²) in [6.07, 6.45) is 2.82. The van der Waals surface area contributed by atoms with Gasteiger partial charge in [-0.25, -0.2) is 0 Å². The molecule has 3 aromatic rings. The molecule has 150 valence electrons. The van der Waals surface area contributed by atoms with Crippen molar-refractivity contribution in [3.63, 3.8) is 0 Å². The lowest BCUT2D eigenvalue weighted by atomic mass is 10.1. The van der Waals surface area contributed by atoms with Gasteiger partial charge in [0.1, 0.15) is 0 Å². The maximum atomic E-state index is 4.57. The van der Waals surface area contributed by atoms with Crippen LogP contribution in [-0.4, -0.2) is 21.0 Å². The Kier molecular flexibility index (Phi) is 6.44. The summed E-state index contributed by atoms with van der Waals surface area (Å²) >= 11 is 0. The smallest absolute Gasteiger partial charge is 0.233 e. The van der Waals surface area contributed by atoms with E-state index in [-0.39, 0.29) is 6.04 Å². The van der Waals surface area contributed by atoms with Gasteiger partial charge in [0.25, 0.3) is 0 Å². The van der Waals surface area contributed by atoms with Crippen LogP contribution in [0.4, 0.5) is 29.2 Å². The summed E-state index contributed by atoms with van der Waals surface area (Å²) in [6.45, 7) is 12.2. The maximum Gasteiger partial charge on any atom is 0.233 e. The van der Waals surface area contributed by atoms with E-state index in [1.54, 1.807) is 0 Å². The topological polar surface area (TPSA) is 74.8 Å². The van der Waals surface area contributed by atoms with Gasteiger partial charge in [-0.1, -0.05) is 43.8 Å². The molecule has 0 bridgehead atoms. The highest BCUT2D eigenvalue weighted by Crippen LogP contribution is 2.22. The Bertz CT molecular complexity index is 998. The highest BCUT2D eigenvalue weighted by molar-refractivity contribution is 5.64. The van der Waals surface area contributed by atoms with E-state index in [4.69, 9.17) is 0 Å². The molecule has 0 amide bonds. The van der Waals surface area contributed by atoms with E-state index in [1.165, 1.54) is 0 Å². The molecule has 1 unspecified atom stereocenters. The molecule has 29 heavy (non-hydrogen) atoms. The van der Waals surface area contributed by atoms with Crippen molar-refractivity contribution in [2.75, 3.05) is 16.0 Å². The molecule has 0 aliphatic heterocycles. The zero-order chi connectivity index (χ0) is 20.8. The fourth-order valence-electron chi connectivity index (χ4n) is 2.82. The van der Waals surface area contributed by atoms with Crippen LogP contribution in [0.1, 0.15) is 37.0 Å². The van der Waals surface area contributed by atoms with E-state index in [2.05, 4.69) is 64.3 Å². The van der Waals surface area contributed by atoms with E-state index in [1.807, 2.05) is 49.4 Å². The number of aryl methyl sites for hydroxylation is 2. The van der Waals surface area contributed by atoms with Crippen LogP contribution < -0.4 is 16.0 Å². The van der Waals surface area contributed by atoms with Crippen molar-refractivity contribution >= 4 is 35.3 Å². The summed E-state index contributed by atoms with van der Waals surface area (Å²) < 4.78 is 0. The number of rotatable bonds is 8. The third-order valence-corrected chi connectivity index (χ3v) is 4.76. The lowest BCUT2D eigenvalue weighted by Crippen LogP contribution is -2.17. The molecule has 0 spiro atoms. The van der Waals surface area contributed by atoms with Crippen LogP contribution in [0.15, 0.2) is 49.0 Å². The predicted molar refractivity (Wildman–Crippen MR) is 122 cm³/mol. The van der Waals surface area contributed by atoms with Gasteiger partial charge in [-0.05, 0) is 62.1 Å². The van der Waals surface area contributed by atoms with Crippen molar-refractivity contribution in [1.82, 2.24) is 15.0 Å². The van der Waals surface area contributed by atoms with Gasteiger partial charge in [-0.2, -0.15) is 15.0 Å². The minimum absolute atomic E-state index is 0.255. The molecule has 0 radical (unpaired) electrons. The maximum absolute atomic E-state index is 4.57. The molecule has 0 aliphatic rings. The van der Waals surface area contributed by atoms with E-state index in [0.29, 0.717) is 17.8 Å². The predicted octanol–water partition coefficient (Wildman–Crippen LogP) is 5.83. The van der Waals surface area contributed by atoms with Crippen molar-refractivity contribution in [3.05, 3.63) is 65.7 Å². The van der Waals surface area contributed by atoms with E-state index < -0.39 is 0 Å². The normalized spacial score (nSPS) is 11.6. The molecule has 3 rings (SSSR count). The summed E-state index contributed by atoms with van der Waals surface area (Å²) in [5, 5.41) is 9.93.